The van der Waals surface area contributed by atoms with Crippen molar-refractivity contribution < 1.29 is 13.2 Å². The summed E-state index contributed by atoms with van der Waals surface area (Å²) in [5.41, 5.74) is 6.14. The number of nitrogens with zero attached hydrogens (tertiary/aromatic N) is 1. The van der Waals surface area contributed by atoms with Crippen LogP contribution in [0.1, 0.15) is 37.0 Å². The summed E-state index contributed by atoms with van der Waals surface area (Å²) in [5.74, 6) is 0.253. The van der Waals surface area contributed by atoms with Gasteiger partial charge in [-0.25, -0.2) is 13.1 Å². The number of benzene rings is 1. The van der Waals surface area contributed by atoms with E-state index < -0.39 is 10.0 Å². The van der Waals surface area contributed by atoms with E-state index in [-0.39, 0.29) is 29.3 Å². The lowest BCUT2D eigenvalue weighted by Gasteiger charge is -2.19. The summed E-state index contributed by atoms with van der Waals surface area (Å²) in [6.07, 6.45) is 2.03. The molecule has 0 spiro atoms. The van der Waals surface area contributed by atoms with Gasteiger partial charge in [0.15, 0.2) is 0 Å². The number of nitrogens with one attached hydrogen (secondary N) is 1. The molecule has 3 N–H and O–H groups in total. The molecule has 0 heterocycles. The van der Waals surface area contributed by atoms with Crippen LogP contribution in [-0.2, 0) is 10.0 Å². The van der Waals surface area contributed by atoms with Crippen molar-refractivity contribution in [1.29, 1.82) is 0 Å². The molecule has 1 fully saturated rings. The van der Waals surface area contributed by atoms with Gasteiger partial charge in [0.1, 0.15) is 0 Å². The number of hydrogen-bond acceptors (Lipinski definition) is 4. The van der Waals surface area contributed by atoms with E-state index in [1.807, 2.05) is 13.8 Å². The number of rotatable bonds is 8. The normalized spacial score (nSPS) is 15.5. The maximum Gasteiger partial charge on any atom is 0.253 e. The predicted molar refractivity (Wildman–Crippen MR) is 96.8 cm³/mol. The number of sulfonamides is 1. The Kier molecular flexibility index (Phi) is 7.66. The fourth-order valence-electron chi connectivity index (χ4n) is 2.57. The highest BCUT2D eigenvalue weighted by Gasteiger charge is 2.33. The monoisotopic (exact) mass is 375 g/mol. The zero-order valence-corrected chi connectivity index (χ0v) is 15.7. The number of carbonyl (C=O) groups excluding carboxylic acids is 1. The van der Waals surface area contributed by atoms with Crippen molar-refractivity contribution in [3.63, 3.8) is 0 Å². The molecule has 1 aliphatic rings. The number of halogens is 1. The quantitative estimate of drug-likeness (QED) is 0.721. The van der Waals surface area contributed by atoms with E-state index in [0.29, 0.717) is 31.1 Å². The lowest BCUT2D eigenvalue weighted by Crippen LogP contribution is -2.41. The second kappa shape index (κ2) is 8.80. The van der Waals surface area contributed by atoms with E-state index in [1.54, 1.807) is 17.0 Å². The first-order valence-corrected chi connectivity index (χ1v) is 9.53. The van der Waals surface area contributed by atoms with Crippen molar-refractivity contribution in [2.24, 2.45) is 11.7 Å². The van der Waals surface area contributed by atoms with Crippen molar-refractivity contribution in [3.8, 4) is 0 Å². The minimum atomic E-state index is -3.61. The van der Waals surface area contributed by atoms with E-state index in [4.69, 9.17) is 5.73 Å². The van der Waals surface area contributed by atoms with Gasteiger partial charge in [0.25, 0.3) is 5.91 Å². The molecule has 0 aromatic heterocycles. The van der Waals surface area contributed by atoms with E-state index in [0.717, 1.165) is 12.8 Å². The average molecular weight is 376 g/mol. The molecule has 6 nitrogen and oxygen atoms in total. The molecule has 136 valence electrons. The largest absolute Gasteiger partial charge is 0.339 e. The Morgan fingerprint density at radius 2 is 1.79 bits per heavy atom. The van der Waals surface area contributed by atoms with Gasteiger partial charge < -0.3 is 10.6 Å². The van der Waals surface area contributed by atoms with Crippen LogP contribution in [0, 0.1) is 5.92 Å². The van der Waals surface area contributed by atoms with Gasteiger partial charge in [-0.15, -0.1) is 12.4 Å². The Balaban J connectivity index is 0.00000288. The number of nitrogens with two attached hydrogens (primary N) is 1. The zero-order chi connectivity index (χ0) is 17.0. The van der Waals surface area contributed by atoms with Gasteiger partial charge in [-0.05, 0) is 56.9 Å². The highest BCUT2D eigenvalue weighted by atomic mass is 35.5. The van der Waals surface area contributed by atoms with Gasteiger partial charge >= 0.3 is 0 Å². The Morgan fingerprint density at radius 3 is 2.21 bits per heavy atom. The van der Waals surface area contributed by atoms with Crippen molar-refractivity contribution >= 4 is 28.3 Å². The molecule has 1 amide bonds. The van der Waals surface area contributed by atoms with E-state index in [9.17, 15) is 13.2 Å². The first-order chi connectivity index (χ1) is 10.9. The molecule has 0 bridgehead atoms. The Labute approximate surface area is 150 Å². The maximum atomic E-state index is 12.4. The first-order valence-electron chi connectivity index (χ1n) is 8.04. The Morgan fingerprint density at radius 1 is 1.25 bits per heavy atom. The second-order valence-electron chi connectivity index (χ2n) is 5.80. The van der Waals surface area contributed by atoms with Crippen molar-refractivity contribution in [3.05, 3.63) is 29.8 Å². The number of amides is 1. The van der Waals surface area contributed by atoms with Crippen LogP contribution in [-0.4, -0.2) is 44.9 Å². The van der Waals surface area contributed by atoms with Crippen LogP contribution in [0.3, 0.4) is 0 Å². The number of carbonyl (C=O) groups is 1. The molecule has 2 rings (SSSR count). The summed E-state index contributed by atoms with van der Waals surface area (Å²) in [7, 11) is -3.61. The lowest BCUT2D eigenvalue weighted by atomic mass is 10.2. The van der Waals surface area contributed by atoms with Gasteiger partial charge in [-0.2, -0.15) is 0 Å². The number of hydrogen-bond donors (Lipinski definition) is 2. The van der Waals surface area contributed by atoms with E-state index >= 15 is 0 Å². The van der Waals surface area contributed by atoms with Crippen LogP contribution >= 0.6 is 12.4 Å². The van der Waals surface area contributed by atoms with Crippen LogP contribution in [0.2, 0.25) is 0 Å². The van der Waals surface area contributed by atoms with Crippen LogP contribution in [0.4, 0.5) is 0 Å². The standard InChI is InChI=1S/C16H25N3O3S.ClH/c1-3-19(4-2)16(20)13-7-9-14(10-8-13)23(21,22)18-15(11-17)12-5-6-12;/h7-10,12,15,18H,3-6,11,17H2,1-2H3;1H. The summed E-state index contributed by atoms with van der Waals surface area (Å²) in [5, 5.41) is 0. The molecule has 1 aromatic carbocycles. The van der Waals surface area contributed by atoms with Crippen LogP contribution < -0.4 is 10.5 Å². The fraction of sp³-hybridized carbons (Fsp3) is 0.562. The Hall–Kier alpha value is -1.15. The third kappa shape index (κ3) is 4.92. The predicted octanol–water partition coefficient (Wildman–Crippen LogP) is 1.61. The highest BCUT2D eigenvalue weighted by molar-refractivity contribution is 7.89. The summed E-state index contributed by atoms with van der Waals surface area (Å²) in [4.78, 5) is 14.1. The van der Waals surface area contributed by atoms with Crippen molar-refractivity contribution in [1.82, 2.24) is 9.62 Å². The molecule has 1 atom stereocenters. The topological polar surface area (TPSA) is 92.5 Å². The smallest absolute Gasteiger partial charge is 0.253 e. The van der Waals surface area contributed by atoms with Gasteiger partial charge in [0, 0.05) is 31.2 Å². The maximum absolute atomic E-state index is 12.4. The van der Waals surface area contributed by atoms with Gasteiger partial charge in [0.2, 0.25) is 10.0 Å². The molecule has 0 saturated heterocycles. The molecule has 8 heteroatoms. The Bertz CT molecular complexity index is 641. The molecule has 1 aromatic rings. The SMILES string of the molecule is CCN(CC)C(=O)c1ccc(S(=O)(=O)NC(CN)C2CC2)cc1.Cl. The lowest BCUT2D eigenvalue weighted by molar-refractivity contribution is 0.0773. The molecule has 0 aliphatic heterocycles. The summed E-state index contributed by atoms with van der Waals surface area (Å²) in [6.45, 7) is 5.36. The van der Waals surface area contributed by atoms with E-state index in [1.165, 1.54) is 12.1 Å². The minimum Gasteiger partial charge on any atom is -0.339 e. The molecule has 1 aliphatic carbocycles. The van der Waals surface area contributed by atoms with Crippen molar-refractivity contribution in [2.75, 3.05) is 19.6 Å². The summed E-state index contributed by atoms with van der Waals surface area (Å²) < 4.78 is 27.5. The molecular formula is C16H26ClN3O3S. The average Bonchev–Trinajstić information content (AvgIpc) is 3.38. The second-order valence-corrected chi connectivity index (χ2v) is 7.52. The molecule has 24 heavy (non-hydrogen) atoms. The summed E-state index contributed by atoms with van der Waals surface area (Å²) in [6, 6.07) is 5.85. The van der Waals surface area contributed by atoms with E-state index in [2.05, 4.69) is 4.72 Å². The van der Waals surface area contributed by atoms with Gasteiger partial charge in [0.05, 0.1) is 4.90 Å². The summed E-state index contributed by atoms with van der Waals surface area (Å²) >= 11 is 0. The fourth-order valence-corrected chi connectivity index (χ4v) is 3.89. The molecule has 1 unspecified atom stereocenters. The van der Waals surface area contributed by atoms with Gasteiger partial charge in [-0.3, -0.25) is 4.79 Å². The third-order valence-corrected chi connectivity index (χ3v) is 5.72. The first kappa shape index (κ1) is 20.9. The molecule has 0 radical (unpaired) electrons. The van der Waals surface area contributed by atoms with Crippen molar-refractivity contribution in [2.45, 2.75) is 37.6 Å². The molecular weight excluding hydrogens is 350 g/mol. The third-order valence-electron chi connectivity index (χ3n) is 4.21. The van der Waals surface area contributed by atoms with Gasteiger partial charge in [-0.1, -0.05) is 0 Å². The molecule has 1 saturated carbocycles. The minimum absolute atomic E-state index is 0. The highest BCUT2D eigenvalue weighted by Crippen LogP contribution is 2.32. The van der Waals surface area contributed by atoms with Crippen LogP contribution in [0.25, 0.3) is 0 Å². The van der Waals surface area contributed by atoms with Crippen LogP contribution in [0.5, 0.6) is 0 Å². The van der Waals surface area contributed by atoms with Crippen LogP contribution in [0.15, 0.2) is 29.2 Å². The zero-order valence-electron chi connectivity index (χ0n) is 14.1.